The second-order valence-corrected chi connectivity index (χ2v) is 4.45. The standard InChI is InChI=1S/C13H15FN2O4/c14-10-3-1-2-4-11(10)15-13(19)16-5-6-20-9(8-16)7-12(17)18/h1-4,9H,5-8H2,(H,15,19)(H,17,18). The maximum Gasteiger partial charge on any atom is 0.322 e. The molecule has 2 N–H and O–H groups in total. The Morgan fingerprint density at radius 1 is 1.45 bits per heavy atom. The van der Waals surface area contributed by atoms with E-state index in [0.717, 1.165) is 0 Å². The van der Waals surface area contributed by atoms with Crippen LogP contribution in [-0.2, 0) is 9.53 Å². The summed E-state index contributed by atoms with van der Waals surface area (Å²) in [5.41, 5.74) is 0.0961. The van der Waals surface area contributed by atoms with Crippen molar-refractivity contribution >= 4 is 17.7 Å². The summed E-state index contributed by atoms with van der Waals surface area (Å²) in [7, 11) is 0. The van der Waals surface area contributed by atoms with Crippen LogP contribution >= 0.6 is 0 Å². The first-order valence-corrected chi connectivity index (χ1v) is 6.20. The van der Waals surface area contributed by atoms with Crippen LogP contribution in [0.25, 0.3) is 0 Å². The maximum atomic E-state index is 13.4. The highest BCUT2D eigenvalue weighted by Crippen LogP contribution is 2.15. The Balaban J connectivity index is 1.95. The number of halogens is 1. The molecule has 1 aromatic rings. The molecule has 1 aromatic carbocycles. The number of aliphatic carboxylic acids is 1. The summed E-state index contributed by atoms with van der Waals surface area (Å²) in [5.74, 6) is -1.50. The number of nitrogens with zero attached hydrogens (tertiary/aromatic N) is 1. The van der Waals surface area contributed by atoms with Gasteiger partial charge in [0.25, 0.3) is 0 Å². The van der Waals surface area contributed by atoms with Gasteiger partial charge in [0.05, 0.1) is 24.8 Å². The number of carboxylic acid groups (broad SMARTS) is 1. The molecule has 1 fully saturated rings. The zero-order valence-corrected chi connectivity index (χ0v) is 10.7. The number of hydrogen-bond donors (Lipinski definition) is 2. The van der Waals surface area contributed by atoms with Crippen LogP contribution in [0, 0.1) is 5.82 Å². The number of ether oxygens (including phenoxy) is 1. The fraction of sp³-hybridized carbons (Fsp3) is 0.385. The summed E-state index contributed by atoms with van der Waals surface area (Å²) < 4.78 is 18.7. The fourth-order valence-electron chi connectivity index (χ4n) is 1.98. The van der Waals surface area contributed by atoms with E-state index in [1.807, 2.05) is 0 Å². The number of carboxylic acids is 1. The van der Waals surface area contributed by atoms with Crippen LogP contribution < -0.4 is 5.32 Å². The van der Waals surface area contributed by atoms with Crippen LogP contribution in [0.15, 0.2) is 24.3 Å². The van der Waals surface area contributed by atoms with Gasteiger partial charge in [-0.25, -0.2) is 9.18 Å². The van der Waals surface area contributed by atoms with Gasteiger partial charge in [-0.05, 0) is 12.1 Å². The molecule has 7 heteroatoms. The lowest BCUT2D eigenvalue weighted by atomic mass is 10.2. The van der Waals surface area contributed by atoms with Crippen molar-refractivity contribution in [3.8, 4) is 0 Å². The van der Waals surface area contributed by atoms with E-state index in [0.29, 0.717) is 6.54 Å². The maximum absolute atomic E-state index is 13.4. The number of benzene rings is 1. The molecule has 1 atom stereocenters. The number of amides is 2. The van der Waals surface area contributed by atoms with E-state index in [1.54, 1.807) is 6.07 Å². The molecule has 2 amide bonds. The van der Waals surface area contributed by atoms with E-state index in [2.05, 4.69) is 5.32 Å². The van der Waals surface area contributed by atoms with Gasteiger partial charge in [0, 0.05) is 13.1 Å². The SMILES string of the molecule is O=C(O)CC1CN(C(=O)Nc2ccccc2F)CCO1. The highest BCUT2D eigenvalue weighted by atomic mass is 19.1. The molecule has 2 rings (SSSR count). The van der Waals surface area contributed by atoms with Crippen LogP contribution in [0.2, 0.25) is 0 Å². The average molecular weight is 282 g/mol. The lowest BCUT2D eigenvalue weighted by Crippen LogP contribution is -2.48. The highest BCUT2D eigenvalue weighted by Gasteiger charge is 2.26. The minimum atomic E-state index is -0.980. The summed E-state index contributed by atoms with van der Waals surface area (Å²) in [6, 6.07) is 5.40. The summed E-state index contributed by atoms with van der Waals surface area (Å²) in [4.78, 5) is 24.0. The number of carbonyl (C=O) groups excluding carboxylic acids is 1. The molecule has 1 heterocycles. The molecular weight excluding hydrogens is 267 g/mol. The van der Waals surface area contributed by atoms with Crippen molar-refractivity contribution in [3.63, 3.8) is 0 Å². The molecule has 0 aliphatic carbocycles. The van der Waals surface area contributed by atoms with E-state index in [4.69, 9.17) is 9.84 Å². The van der Waals surface area contributed by atoms with Gasteiger partial charge in [-0.15, -0.1) is 0 Å². The molecule has 1 unspecified atom stereocenters. The minimum absolute atomic E-state index is 0.0961. The number of urea groups is 1. The third-order valence-corrected chi connectivity index (χ3v) is 2.94. The Morgan fingerprint density at radius 2 is 2.20 bits per heavy atom. The van der Waals surface area contributed by atoms with Gasteiger partial charge in [0.1, 0.15) is 5.82 Å². The normalized spacial score (nSPS) is 18.6. The van der Waals surface area contributed by atoms with Gasteiger partial charge >= 0.3 is 12.0 Å². The van der Waals surface area contributed by atoms with Crippen molar-refractivity contribution < 1.29 is 23.8 Å². The molecule has 1 aliphatic rings. The number of rotatable bonds is 3. The summed E-state index contributed by atoms with van der Waals surface area (Å²) in [6.45, 7) is 0.783. The minimum Gasteiger partial charge on any atom is -0.481 e. The second kappa shape index (κ2) is 6.33. The Hall–Kier alpha value is -2.15. The molecule has 6 nitrogen and oxygen atoms in total. The molecule has 1 aliphatic heterocycles. The van der Waals surface area contributed by atoms with E-state index >= 15 is 0 Å². The van der Waals surface area contributed by atoms with Crippen molar-refractivity contribution in [3.05, 3.63) is 30.1 Å². The van der Waals surface area contributed by atoms with Crippen LogP contribution in [0.1, 0.15) is 6.42 Å². The number of carbonyl (C=O) groups is 2. The van der Waals surface area contributed by atoms with Crippen LogP contribution in [0.5, 0.6) is 0 Å². The number of morpholine rings is 1. The van der Waals surface area contributed by atoms with Crippen molar-refractivity contribution in [1.82, 2.24) is 4.90 Å². The molecule has 20 heavy (non-hydrogen) atoms. The van der Waals surface area contributed by atoms with Crippen LogP contribution in [0.3, 0.4) is 0 Å². The smallest absolute Gasteiger partial charge is 0.322 e. The fourth-order valence-corrected chi connectivity index (χ4v) is 1.98. The first kappa shape index (κ1) is 14.3. The quantitative estimate of drug-likeness (QED) is 0.881. The van der Waals surface area contributed by atoms with E-state index in [9.17, 15) is 14.0 Å². The van der Waals surface area contributed by atoms with Gasteiger partial charge in [-0.3, -0.25) is 4.79 Å². The zero-order valence-electron chi connectivity index (χ0n) is 10.7. The monoisotopic (exact) mass is 282 g/mol. The van der Waals surface area contributed by atoms with Crippen molar-refractivity contribution in [2.75, 3.05) is 25.0 Å². The average Bonchev–Trinajstić information content (AvgIpc) is 2.41. The Kier molecular flexibility index (Phi) is 4.52. The van der Waals surface area contributed by atoms with Crippen LogP contribution in [0.4, 0.5) is 14.9 Å². The summed E-state index contributed by atoms with van der Waals surface area (Å²) in [6.07, 6.45) is -0.698. The Bertz CT molecular complexity index is 509. The number of para-hydroxylation sites is 1. The lowest BCUT2D eigenvalue weighted by Gasteiger charge is -2.32. The molecule has 1 saturated heterocycles. The first-order valence-electron chi connectivity index (χ1n) is 6.20. The van der Waals surface area contributed by atoms with Gasteiger partial charge in [-0.2, -0.15) is 0 Å². The van der Waals surface area contributed by atoms with Crippen molar-refractivity contribution in [2.24, 2.45) is 0 Å². The van der Waals surface area contributed by atoms with E-state index < -0.39 is 23.9 Å². The summed E-state index contributed by atoms with van der Waals surface area (Å²) >= 11 is 0. The predicted molar refractivity (Wildman–Crippen MR) is 69.0 cm³/mol. The molecule has 0 saturated carbocycles. The van der Waals surface area contributed by atoms with Gasteiger partial charge in [0.2, 0.25) is 0 Å². The number of hydrogen-bond acceptors (Lipinski definition) is 3. The predicted octanol–water partition coefficient (Wildman–Crippen LogP) is 1.53. The number of nitrogens with one attached hydrogen (secondary N) is 1. The van der Waals surface area contributed by atoms with Crippen molar-refractivity contribution in [1.29, 1.82) is 0 Å². The third kappa shape index (κ3) is 3.67. The van der Waals surface area contributed by atoms with Gasteiger partial charge in [0.15, 0.2) is 0 Å². The highest BCUT2D eigenvalue weighted by molar-refractivity contribution is 5.89. The Labute approximate surface area is 115 Å². The van der Waals surface area contributed by atoms with Crippen molar-refractivity contribution in [2.45, 2.75) is 12.5 Å². The van der Waals surface area contributed by atoms with E-state index in [-0.39, 0.29) is 25.3 Å². The molecule has 0 radical (unpaired) electrons. The second-order valence-electron chi connectivity index (χ2n) is 4.45. The van der Waals surface area contributed by atoms with Gasteiger partial charge in [-0.1, -0.05) is 12.1 Å². The lowest BCUT2D eigenvalue weighted by molar-refractivity contribution is -0.141. The molecule has 0 bridgehead atoms. The van der Waals surface area contributed by atoms with Gasteiger partial charge < -0.3 is 20.1 Å². The Morgan fingerprint density at radius 3 is 2.90 bits per heavy atom. The zero-order chi connectivity index (χ0) is 14.5. The first-order chi connectivity index (χ1) is 9.56. The largest absolute Gasteiger partial charge is 0.481 e. The third-order valence-electron chi connectivity index (χ3n) is 2.94. The summed E-state index contributed by atoms with van der Waals surface area (Å²) in [5, 5.41) is 11.2. The van der Waals surface area contributed by atoms with Crippen LogP contribution in [-0.4, -0.2) is 47.8 Å². The number of anilines is 1. The van der Waals surface area contributed by atoms with E-state index in [1.165, 1.54) is 23.1 Å². The molecule has 0 aromatic heterocycles. The molecule has 0 spiro atoms. The molecule has 108 valence electrons. The topological polar surface area (TPSA) is 78.9 Å². The molecular formula is C13H15FN2O4.